The summed E-state index contributed by atoms with van der Waals surface area (Å²) in [5.41, 5.74) is 3.14. The standard InChI is InChI=1S/C32H18Cl2N4O2S2/c33-27-29(37-23-9-5-19(6-10-23)15-21(17-35)25-3-1-13-41-25)31(39)28(34)30(32(27)40)38-24-11-7-20(8-12-24)16-22(18-36)26-4-2-14-42-26/h1-16,27-28H/b21-15+,22-16+,37-29?,38-30?. The Morgan fingerprint density at radius 3 is 1.36 bits per heavy atom. The van der Waals surface area contributed by atoms with Gasteiger partial charge in [0.25, 0.3) is 0 Å². The smallest absolute Gasteiger partial charge is 0.203 e. The number of rotatable bonds is 6. The van der Waals surface area contributed by atoms with Crippen LogP contribution < -0.4 is 0 Å². The van der Waals surface area contributed by atoms with E-state index in [4.69, 9.17) is 23.2 Å². The summed E-state index contributed by atoms with van der Waals surface area (Å²) in [4.78, 5) is 36.7. The topological polar surface area (TPSA) is 106 Å². The maximum Gasteiger partial charge on any atom is 0.203 e. The van der Waals surface area contributed by atoms with Gasteiger partial charge in [0.15, 0.2) is 0 Å². The fraction of sp³-hybridized carbons (Fsp3) is 0.0625. The Morgan fingerprint density at radius 1 is 0.667 bits per heavy atom. The van der Waals surface area contributed by atoms with E-state index in [-0.39, 0.29) is 11.4 Å². The minimum atomic E-state index is -1.35. The number of hydrogen-bond acceptors (Lipinski definition) is 8. The predicted molar refractivity (Wildman–Crippen MR) is 172 cm³/mol. The number of nitrogens with zero attached hydrogens (tertiary/aromatic N) is 4. The van der Waals surface area contributed by atoms with Gasteiger partial charge in [0, 0.05) is 9.75 Å². The monoisotopic (exact) mass is 624 g/mol. The number of thiophene rings is 2. The number of carbonyl (C=O) groups is 2. The second-order valence-corrected chi connectivity index (χ2v) is 11.7. The Hall–Kier alpha value is -4.44. The van der Waals surface area contributed by atoms with Gasteiger partial charge in [-0.05, 0) is 70.4 Å². The normalized spacial score (nSPS) is 19.6. The van der Waals surface area contributed by atoms with E-state index in [9.17, 15) is 20.1 Å². The molecule has 1 aliphatic carbocycles. The Labute approximate surface area is 259 Å². The van der Waals surface area contributed by atoms with Crippen molar-refractivity contribution in [1.29, 1.82) is 10.5 Å². The minimum Gasteiger partial charge on any atom is -0.291 e. The van der Waals surface area contributed by atoms with Gasteiger partial charge in [-0.25, -0.2) is 9.98 Å². The zero-order valence-corrected chi connectivity index (χ0v) is 24.7. The van der Waals surface area contributed by atoms with Crippen LogP contribution in [0.4, 0.5) is 11.4 Å². The fourth-order valence-corrected chi connectivity index (χ4v) is 5.98. The average molecular weight is 626 g/mol. The molecule has 1 fully saturated rings. The van der Waals surface area contributed by atoms with E-state index in [1.54, 1.807) is 60.7 Å². The van der Waals surface area contributed by atoms with Crippen LogP contribution in [0.5, 0.6) is 0 Å². The number of benzene rings is 2. The Balaban J connectivity index is 1.34. The van der Waals surface area contributed by atoms with Gasteiger partial charge < -0.3 is 0 Å². The fourth-order valence-electron chi connectivity index (χ4n) is 4.06. The molecule has 1 aliphatic rings. The van der Waals surface area contributed by atoms with Crippen molar-refractivity contribution in [2.45, 2.75) is 10.8 Å². The molecule has 0 amide bonds. The molecule has 0 N–H and O–H groups in total. The summed E-state index contributed by atoms with van der Waals surface area (Å²) >= 11 is 15.8. The molecule has 204 valence electrons. The summed E-state index contributed by atoms with van der Waals surface area (Å²) in [5.74, 6) is -1.20. The summed E-state index contributed by atoms with van der Waals surface area (Å²) in [6, 6.07) is 25.6. The Bertz CT molecular complexity index is 1700. The largest absolute Gasteiger partial charge is 0.291 e. The van der Waals surface area contributed by atoms with Crippen molar-refractivity contribution >= 4 is 104 Å². The zero-order valence-electron chi connectivity index (χ0n) is 21.6. The third kappa shape index (κ3) is 6.38. The second-order valence-electron chi connectivity index (χ2n) is 8.92. The molecule has 2 aromatic carbocycles. The SMILES string of the molecule is N#C/C(=C\c1ccc(N=C2C(=O)C(Cl)C(=Nc3ccc(/C=C(\C#N)c4cccs4)cc3)C(=O)C2Cl)cc1)c1cccs1. The van der Waals surface area contributed by atoms with Crippen molar-refractivity contribution in [2.75, 3.05) is 0 Å². The van der Waals surface area contributed by atoms with Gasteiger partial charge in [-0.2, -0.15) is 10.5 Å². The van der Waals surface area contributed by atoms with Crippen LogP contribution in [0.1, 0.15) is 20.9 Å². The van der Waals surface area contributed by atoms with Crippen molar-refractivity contribution in [2.24, 2.45) is 9.98 Å². The van der Waals surface area contributed by atoms with Crippen LogP contribution >= 0.6 is 45.9 Å². The molecule has 0 spiro atoms. The van der Waals surface area contributed by atoms with E-state index in [2.05, 4.69) is 22.1 Å². The first-order valence-electron chi connectivity index (χ1n) is 12.4. The summed E-state index contributed by atoms with van der Waals surface area (Å²) in [5, 5.41) is 20.1. The van der Waals surface area contributed by atoms with E-state index < -0.39 is 22.3 Å². The molecule has 2 aromatic heterocycles. The van der Waals surface area contributed by atoms with Crippen molar-refractivity contribution in [3.63, 3.8) is 0 Å². The number of nitriles is 2. The maximum absolute atomic E-state index is 13.1. The molecule has 10 heteroatoms. The van der Waals surface area contributed by atoms with Gasteiger partial charge in [-0.3, -0.25) is 9.59 Å². The van der Waals surface area contributed by atoms with Crippen LogP contribution in [0.25, 0.3) is 23.3 Å². The number of ketones is 2. The van der Waals surface area contributed by atoms with Crippen LogP contribution in [-0.2, 0) is 9.59 Å². The number of allylic oxidation sites excluding steroid dienone is 2. The molecule has 0 aliphatic heterocycles. The highest BCUT2D eigenvalue weighted by Crippen LogP contribution is 2.27. The molecule has 2 atom stereocenters. The quantitative estimate of drug-likeness (QED) is 0.159. The minimum absolute atomic E-state index is 0.154. The number of aliphatic imine (C=N–C) groups is 2. The summed E-state index contributed by atoms with van der Waals surface area (Å²) in [6.45, 7) is 0. The van der Waals surface area contributed by atoms with E-state index in [1.165, 1.54) is 22.7 Å². The second kappa shape index (κ2) is 13.0. The number of hydrogen-bond donors (Lipinski definition) is 0. The zero-order chi connectivity index (χ0) is 29.6. The molecule has 0 bridgehead atoms. The summed E-state index contributed by atoms with van der Waals surface area (Å²) in [6.07, 6.45) is 3.52. The van der Waals surface area contributed by atoms with Crippen LogP contribution in [0, 0.1) is 22.7 Å². The third-order valence-corrected chi connectivity index (χ3v) is 8.78. The van der Waals surface area contributed by atoms with Gasteiger partial charge in [0.1, 0.15) is 34.3 Å². The van der Waals surface area contributed by atoms with E-state index in [1.807, 2.05) is 35.0 Å². The molecule has 6 nitrogen and oxygen atoms in total. The number of halogens is 2. The molecule has 2 unspecified atom stereocenters. The van der Waals surface area contributed by atoms with Crippen molar-refractivity contribution in [3.05, 3.63) is 104 Å². The predicted octanol–water partition coefficient (Wildman–Crippen LogP) is 8.15. The van der Waals surface area contributed by atoms with Crippen molar-refractivity contribution < 1.29 is 9.59 Å². The number of carbonyl (C=O) groups excluding carboxylic acids is 2. The summed E-state index contributed by atoms with van der Waals surface area (Å²) in [7, 11) is 0. The lowest BCUT2D eigenvalue weighted by atomic mass is 9.92. The first kappa shape index (κ1) is 29.1. The van der Waals surface area contributed by atoms with Gasteiger partial charge in [-0.15, -0.1) is 45.9 Å². The molecule has 42 heavy (non-hydrogen) atoms. The Morgan fingerprint density at radius 2 is 1.05 bits per heavy atom. The van der Waals surface area contributed by atoms with E-state index in [0.29, 0.717) is 22.5 Å². The first-order chi connectivity index (χ1) is 20.4. The van der Waals surface area contributed by atoms with E-state index >= 15 is 0 Å². The molecule has 1 saturated carbocycles. The average Bonchev–Trinajstić information content (AvgIpc) is 3.75. The van der Waals surface area contributed by atoms with Gasteiger partial charge in [-0.1, -0.05) is 36.4 Å². The van der Waals surface area contributed by atoms with E-state index in [0.717, 1.165) is 20.9 Å². The molecule has 0 saturated heterocycles. The molecular formula is C32H18Cl2N4O2S2. The maximum atomic E-state index is 13.1. The number of alkyl halides is 2. The third-order valence-electron chi connectivity index (χ3n) is 6.17. The lowest BCUT2D eigenvalue weighted by Gasteiger charge is -2.22. The number of Topliss-reactive ketones (excluding diaryl/α,β-unsaturated/α-hetero) is 2. The first-order valence-corrected chi connectivity index (χ1v) is 15.1. The highest BCUT2D eigenvalue weighted by atomic mass is 35.5. The van der Waals surface area contributed by atoms with Gasteiger partial charge >= 0.3 is 0 Å². The molecular weight excluding hydrogens is 607 g/mol. The summed E-state index contributed by atoms with van der Waals surface area (Å²) < 4.78 is 0. The van der Waals surface area contributed by atoms with Gasteiger partial charge in [0.05, 0.1) is 22.5 Å². The molecule has 5 rings (SSSR count). The lowest BCUT2D eigenvalue weighted by Crippen LogP contribution is -2.50. The molecule has 4 aromatic rings. The van der Waals surface area contributed by atoms with Crippen molar-refractivity contribution in [3.8, 4) is 12.1 Å². The van der Waals surface area contributed by atoms with Crippen molar-refractivity contribution in [1.82, 2.24) is 0 Å². The van der Waals surface area contributed by atoms with Crippen LogP contribution in [0.3, 0.4) is 0 Å². The molecule has 0 radical (unpaired) electrons. The lowest BCUT2D eigenvalue weighted by molar-refractivity contribution is -0.116. The van der Waals surface area contributed by atoms with Gasteiger partial charge in [0.2, 0.25) is 11.6 Å². The van der Waals surface area contributed by atoms with Crippen LogP contribution in [0.2, 0.25) is 0 Å². The van der Waals surface area contributed by atoms with Crippen LogP contribution in [0.15, 0.2) is 93.5 Å². The molecule has 2 heterocycles. The highest BCUT2D eigenvalue weighted by Gasteiger charge is 2.44. The highest BCUT2D eigenvalue weighted by molar-refractivity contribution is 7.11. The Kier molecular flexibility index (Phi) is 9.02. The van der Waals surface area contributed by atoms with Crippen LogP contribution in [-0.4, -0.2) is 33.7 Å².